The summed E-state index contributed by atoms with van der Waals surface area (Å²) in [6.07, 6.45) is 3.50. The second-order valence-electron chi connectivity index (χ2n) is 6.27. The van der Waals surface area contributed by atoms with Crippen molar-refractivity contribution in [2.75, 3.05) is 0 Å². The molecule has 5 unspecified atom stereocenters. The number of hydrogen-bond donors (Lipinski definition) is 1. The van der Waals surface area contributed by atoms with E-state index >= 15 is 0 Å². The van der Waals surface area contributed by atoms with Gasteiger partial charge in [0.2, 0.25) is 0 Å². The maximum Gasteiger partial charge on any atom is 0.0846 e. The molecule has 5 atom stereocenters. The molecule has 0 spiro atoms. The minimum absolute atomic E-state index is 0.120. The topological polar surface area (TPSA) is 29.5 Å². The van der Waals surface area contributed by atoms with Gasteiger partial charge in [-0.25, -0.2) is 0 Å². The highest BCUT2D eigenvalue weighted by Crippen LogP contribution is 2.40. The van der Waals surface area contributed by atoms with Crippen molar-refractivity contribution < 1.29 is 9.84 Å². The summed E-state index contributed by atoms with van der Waals surface area (Å²) < 4.78 is 5.85. The van der Waals surface area contributed by atoms with Crippen LogP contribution in [0.25, 0.3) is 0 Å². The lowest BCUT2D eigenvalue weighted by molar-refractivity contribution is 0.0231. The summed E-state index contributed by atoms with van der Waals surface area (Å²) in [7, 11) is 0. The number of ether oxygens (including phenoxy) is 1. The average Bonchev–Trinajstić information content (AvgIpc) is 2.70. The molecule has 0 aromatic heterocycles. The predicted molar refractivity (Wildman–Crippen MR) is 82.7 cm³/mol. The molecule has 2 heteroatoms. The summed E-state index contributed by atoms with van der Waals surface area (Å²) in [5.41, 5.74) is 2.38. The number of aryl methyl sites for hydroxylation is 1. The highest BCUT2D eigenvalue weighted by atomic mass is 16.5. The lowest BCUT2D eigenvalue weighted by Gasteiger charge is -2.25. The minimum Gasteiger partial charge on any atom is -0.388 e. The van der Waals surface area contributed by atoms with Gasteiger partial charge < -0.3 is 9.84 Å². The zero-order valence-electron chi connectivity index (χ0n) is 13.2. The molecule has 1 aromatic carbocycles. The van der Waals surface area contributed by atoms with Crippen LogP contribution in [0.15, 0.2) is 24.3 Å². The van der Waals surface area contributed by atoms with Gasteiger partial charge in [-0.15, -0.1) is 0 Å². The molecule has 1 heterocycles. The third kappa shape index (κ3) is 3.24. The normalized spacial score (nSPS) is 31.4. The highest BCUT2D eigenvalue weighted by Gasteiger charge is 2.41. The molecule has 0 saturated carbocycles. The van der Waals surface area contributed by atoms with Gasteiger partial charge in [-0.2, -0.15) is 0 Å². The molecule has 0 aliphatic carbocycles. The Morgan fingerprint density at radius 3 is 2.25 bits per heavy atom. The van der Waals surface area contributed by atoms with Crippen LogP contribution in [0.4, 0.5) is 0 Å². The molecule has 112 valence electrons. The minimum atomic E-state index is -0.426. The van der Waals surface area contributed by atoms with Crippen LogP contribution in [0.1, 0.15) is 57.8 Å². The molecular formula is C18H28O2. The molecule has 2 rings (SSSR count). The van der Waals surface area contributed by atoms with Gasteiger partial charge in [0, 0.05) is 5.92 Å². The van der Waals surface area contributed by atoms with Crippen LogP contribution < -0.4 is 0 Å². The Morgan fingerprint density at radius 1 is 1.10 bits per heavy atom. The van der Waals surface area contributed by atoms with Crippen molar-refractivity contribution in [3.63, 3.8) is 0 Å². The second kappa shape index (κ2) is 6.73. The van der Waals surface area contributed by atoms with E-state index in [1.165, 1.54) is 18.4 Å². The average molecular weight is 276 g/mol. The van der Waals surface area contributed by atoms with Crippen LogP contribution >= 0.6 is 0 Å². The Morgan fingerprint density at radius 2 is 1.75 bits per heavy atom. The van der Waals surface area contributed by atoms with Crippen molar-refractivity contribution in [2.24, 2.45) is 11.8 Å². The molecule has 2 nitrogen and oxygen atoms in total. The van der Waals surface area contributed by atoms with Gasteiger partial charge in [-0.05, 0) is 43.7 Å². The van der Waals surface area contributed by atoms with E-state index < -0.39 is 6.10 Å². The zero-order valence-corrected chi connectivity index (χ0v) is 13.2. The van der Waals surface area contributed by atoms with Crippen LogP contribution in [-0.2, 0) is 11.2 Å². The molecule has 0 amide bonds. The number of benzene rings is 1. The van der Waals surface area contributed by atoms with Gasteiger partial charge in [-0.3, -0.25) is 0 Å². The number of unbranched alkanes of at least 4 members (excludes halogenated alkanes) is 1. The predicted octanol–water partition coefficient (Wildman–Crippen LogP) is 4.12. The largest absolute Gasteiger partial charge is 0.388 e. The molecule has 0 radical (unpaired) electrons. The summed E-state index contributed by atoms with van der Waals surface area (Å²) in [5.74, 6) is 0.575. The van der Waals surface area contributed by atoms with E-state index in [2.05, 4.69) is 52.0 Å². The quantitative estimate of drug-likeness (QED) is 0.876. The standard InChI is InChI=1S/C18H28O2/c1-5-6-7-15-8-10-16(11-9-15)18(19)17-12(2)13(3)20-14(17)4/h8-14,17-19H,5-7H2,1-4H3. The first-order chi connectivity index (χ1) is 9.54. The van der Waals surface area contributed by atoms with Gasteiger partial charge in [0.1, 0.15) is 0 Å². The summed E-state index contributed by atoms with van der Waals surface area (Å²) in [6, 6.07) is 8.47. The van der Waals surface area contributed by atoms with Crippen molar-refractivity contribution in [3.05, 3.63) is 35.4 Å². The van der Waals surface area contributed by atoms with Gasteiger partial charge in [0.25, 0.3) is 0 Å². The van der Waals surface area contributed by atoms with E-state index in [1.54, 1.807) is 0 Å². The number of hydrogen-bond acceptors (Lipinski definition) is 2. The van der Waals surface area contributed by atoms with E-state index in [1.807, 2.05) is 0 Å². The van der Waals surface area contributed by atoms with Crippen LogP contribution in [0.2, 0.25) is 0 Å². The van der Waals surface area contributed by atoms with E-state index in [0.717, 1.165) is 12.0 Å². The van der Waals surface area contributed by atoms with Crippen molar-refractivity contribution >= 4 is 0 Å². The Balaban J connectivity index is 2.07. The molecular weight excluding hydrogens is 248 g/mol. The molecule has 1 aliphatic rings. The SMILES string of the molecule is CCCCc1ccc(C(O)C2C(C)OC(C)C2C)cc1. The molecule has 1 aromatic rings. The Kier molecular flexibility index (Phi) is 5.22. The fourth-order valence-electron chi connectivity index (χ4n) is 3.32. The van der Waals surface area contributed by atoms with Gasteiger partial charge in [0.15, 0.2) is 0 Å². The zero-order chi connectivity index (χ0) is 14.7. The summed E-state index contributed by atoms with van der Waals surface area (Å²) in [6.45, 7) is 8.56. The van der Waals surface area contributed by atoms with E-state index in [4.69, 9.17) is 4.74 Å². The first-order valence-electron chi connectivity index (χ1n) is 7.97. The van der Waals surface area contributed by atoms with E-state index in [-0.39, 0.29) is 18.1 Å². The van der Waals surface area contributed by atoms with Crippen molar-refractivity contribution in [2.45, 2.75) is 65.3 Å². The van der Waals surface area contributed by atoms with Crippen LogP contribution in [0.5, 0.6) is 0 Å². The van der Waals surface area contributed by atoms with Crippen LogP contribution in [-0.4, -0.2) is 17.3 Å². The third-order valence-corrected chi connectivity index (χ3v) is 4.82. The molecule has 1 saturated heterocycles. The second-order valence-corrected chi connectivity index (χ2v) is 6.27. The van der Waals surface area contributed by atoms with Gasteiger partial charge in [-0.1, -0.05) is 44.5 Å². The Hall–Kier alpha value is -0.860. The Bertz CT molecular complexity index is 412. The molecule has 1 fully saturated rings. The molecule has 1 aliphatic heterocycles. The number of aliphatic hydroxyl groups is 1. The Labute approximate surface area is 123 Å². The number of aliphatic hydroxyl groups excluding tert-OH is 1. The summed E-state index contributed by atoms with van der Waals surface area (Å²) in [4.78, 5) is 0. The van der Waals surface area contributed by atoms with E-state index in [0.29, 0.717) is 5.92 Å². The molecule has 0 bridgehead atoms. The smallest absolute Gasteiger partial charge is 0.0846 e. The first kappa shape index (κ1) is 15.5. The lowest BCUT2D eigenvalue weighted by atomic mass is 9.82. The van der Waals surface area contributed by atoms with Gasteiger partial charge in [0.05, 0.1) is 18.3 Å². The first-order valence-corrected chi connectivity index (χ1v) is 7.97. The number of rotatable bonds is 5. The highest BCUT2D eigenvalue weighted by molar-refractivity contribution is 5.25. The molecule has 20 heavy (non-hydrogen) atoms. The van der Waals surface area contributed by atoms with Gasteiger partial charge >= 0.3 is 0 Å². The van der Waals surface area contributed by atoms with Crippen LogP contribution in [0.3, 0.4) is 0 Å². The maximum absolute atomic E-state index is 10.7. The van der Waals surface area contributed by atoms with E-state index in [9.17, 15) is 5.11 Å². The third-order valence-electron chi connectivity index (χ3n) is 4.82. The maximum atomic E-state index is 10.7. The van der Waals surface area contributed by atoms with Crippen molar-refractivity contribution in [1.29, 1.82) is 0 Å². The van der Waals surface area contributed by atoms with Crippen LogP contribution in [0, 0.1) is 11.8 Å². The van der Waals surface area contributed by atoms with Crippen molar-refractivity contribution in [3.8, 4) is 0 Å². The fourth-order valence-corrected chi connectivity index (χ4v) is 3.32. The molecule has 1 N–H and O–H groups in total. The fraction of sp³-hybridized carbons (Fsp3) is 0.667. The monoisotopic (exact) mass is 276 g/mol. The van der Waals surface area contributed by atoms with Crippen molar-refractivity contribution in [1.82, 2.24) is 0 Å². The summed E-state index contributed by atoms with van der Waals surface area (Å²) in [5, 5.41) is 10.7. The summed E-state index contributed by atoms with van der Waals surface area (Å²) >= 11 is 0. The lowest BCUT2D eigenvalue weighted by Crippen LogP contribution is -2.24.